The summed E-state index contributed by atoms with van der Waals surface area (Å²) < 4.78 is 30.8. The molecular formula is C30H27F2N9O2. The number of carbonyl (C=O) groups excluding carboxylic acids is 2. The maximum absolute atomic E-state index is 15.6. The van der Waals surface area contributed by atoms with Gasteiger partial charge in [0.2, 0.25) is 0 Å². The van der Waals surface area contributed by atoms with Gasteiger partial charge in [-0.1, -0.05) is 19.4 Å². The van der Waals surface area contributed by atoms with Crippen molar-refractivity contribution in [3.63, 3.8) is 0 Å². The van der Waals surface area contributed by atoms with Crippen LogP contribution in [0.15, 0.2) is 54.5 Å². The molecule has 3 atom stereocenters. The largest absolute Gasteiger partial charge is 0.383 e. The monoisotopic (exact) mass is 583 g/mol. The van der Waals surface area contributed by atoms with E-state index in [0.717, 1.165) is 37.5 Å². The fourth-order valence-corrected chi connectivity index (χ4v) is 6.04. The summed E-state index contributed by atoms with van der Waals surface area (Å²) in [5.41, 5.74) is 7.05. The molecule has 1 saturated carbocycles. The van der Waals surface area contributed by atoms with Gasteiger partial charge in [0.05, 0.1) is 17.5 Å². The molecule has 2 fully saturated rings. The molecular weight excluding hydrogens is 556 g/mol. The van der Waals surface area contributed by atoms with Crippen LogP contribution in [0.3, 0.4) is 0 Å². The lowest BCUT2D eigenvalue weighted by molar-refractivity contribution is -0.129. The van der Waals surface area contributed by atoms with Crippen LogP contribution in [-0.4, -0.2) is 54.0 Å². The highest BCUT2D eigenvalue weighted by Crippen LogP contribution is 2.46. The molecule has 13 heteroatoms. The number of nitrogens with one attached hydrogen (secondary N) is 1. The molecule has 2 amide bonds. The predicted molar refractivity (Wildman–Crippen MR) is 153 cm³/mol. The number of hydrogen-bond acceptors (Lipinski definition) is 8. The molecule has 11 nitrogen and oxygen atoms in total. The maximum Gasteiger partial charge on any atom is 0.264 e. The molecule has 3 aromatic heterocycles. The number of nitrogens with zero attached hydrogens (tertiary/aromatic N) is 7. The molecule has 0 spiro atoms. The van der Waals surface area contributed by atoms with Gasteiger partial charge in [-0.3, -0.25) is 9.59 Å². The number of carbonyl (C=O) groups is 2. The van der Waals surface area contributed by atoms with E-state index in [1.807, 2.05) is 13.0 Å². The third-order valence-electron chi connectivity index (χ3n) is 7.98. The number of pyridine rings is 1. The average Bonchev–Trinajstić information content (AvgIpc) is 3.71. The minimum Gasteiger partial charge on any atom is -0.383 e. The van der Waals surface area contributed by atoms with Crippen LogP contribution in [-0.2, 0) is 4.79 Å². The van der Waals surface area contributed by atoms with Crippen molar-refractivity contribution in [3.8, 4) is 17.3 Å². The Kier molecular flexibility index (Phi) is 7.27. The Labute approximate surface area is 245 Å². The van der Waals surface area contributed by atoms with E-state index in [0.29, 0.717) is 24.0 Å². The van der Waals surface area contributed by atoms with Crippen molar-refractivity contribution in [1.82, 2.24) is 29.6 Å². The van der Waals surface area contributed by atoms with Gasteiger partial charge in [0.1, 0.15) is 46.9 Å². The molecule has 4 aromatic rings. The average molecular weight is 584 g/mol. The number of nitriles is 1. The van der Waals surface area contributed by atoms with E-state index in [2.05, 4.69) is 20.3 Å². The molecule has 3 N–H and O–H groups in total. The van der Waals surface area contributed by atoms with Gasteiger partial charge in [0.25, 0.3) is 11.8 Å². The Morgan fingerprint density at radius 2 is 1.98 bits per heavy atom. The number of allylic oxidation sites excluding steroid dienone is 1. The van der Waals surface area contributed by atoms with Gasteiger partial charge in [0.15, 0.2) is 5.65 Å². The number of fused-ring (bicyclic) bond motifs is 3. The van der Waals surface area contributed by atoms with Crippen LogP contribution < -0.4 is 11.1 Å². The van der Waals surface area contributed by atoms with E-state index >= 15 is 4.39 Å². The standard InChI is InChI=1S/C30H27F2N9O2/c1-2-3-4-18(13-33)30(43)40-14-16-9-22(40)23(10-16)41-28-25(27(34)36-15-37-28)26(39-41)20-6-5-17(11-21(20)32)29(42)38-24-12-19(31)7-8-35-24/h4-8,11-12,15-16,22-23H,2-3,9-10,14H2,1H3,(H2,34,36,37)(H,35,38,42)/b18-4+/t16-,22-,23-/m1/s1. The first-order valence-electron chi connectivity index (χ1n) is 13.9. The molecule has 1 saturated heterocycles. The maximum atomic E-state index is 15.6. The van der Waals surface area contributed by atoms with Gasteiger partial charge in [-0.25, -0.2) is 28.4 Å². The number of anilines is 2. The molecule has 2 bridgehead atoms. The van der Waals surface area contributed by atoms with Crippen LogP contribution >= 0.6 is 0 Å². The van der Waals surface area contributed by atoms with Crippen molar-refractivity contribution in [1.29, 1.82) is 5.26 Å². The number of aromatic nitrogens is 5. The topological polar surface area (TPSA) is 156 Å². The van der Waals surface area contributed by atoms with Crippen molar-refractivity contribution < 1.29 is 18.4 Å². The number of rotatable bonds is 7. The molecule has 1 aliphatic heterocycles. The smallest absolute Gasteiger partial charge is 0.264 e. The van der Waals surface area contributed by atoms with Crippen LogP contribution in [0.5, 0.6) is 0 Å². The second-order valence-corrected chi connectivity index (χ2v) is 10.7. The number of hydrogen-bond donors (Lipinski definition) is 2. The van der Waals surface area contributed by atoms with E-state index in [1.165, 1.54) is 24.7 Å². The fraction of sp³-hybridized carbons (Fsp3) is 0.300. The SMILES string of the molecule is CCC/C=C(\C#N)C(=O)N1C[C@@H]2C[C@@H]1[C@H](n1nc(-c3ccc(C(=O)Nc4cc(F)ccn4)cc3F)c3c(N)ncnc31)C2. The highest BCUT2D eigenvalue weighted by molar-refractivity contribution is 6.04. The number of amides is 2. The first kappa shape index (κ1) is 27.9. The highest BCUT2D eigenvalue weighted by atomic mass is 19.1. The summed E-state index contributed by atoms with van der Waals surface area (Å²) in [5, 5.41) is 17.2. The number of likely N-dealkylation sites (tertiary alicyclic amines) is 1. The molecule has 218 valence electrons. The van der Waals surface area contributed by atoms with Crippen molar-refractivity contribution in [2.24, 2.45) is 5.92 Å². The highest BCUT2D eigenvalue weighted by Gasteiger charge is 2.49. The molecule has 2 aliphatic rings. The molecule has 6 rings (SSSR count). The molecule has 43 heavy (non-hydrogen) atoms. The lowest BCUT2D eigenvalue weighted by Gasteiger charge is -2.33. The summed E-state index contributed by atoms with van der Waals surface area (Å²) in [4.78, 5) is 40.2. The molecule has 4 heterocycles. The second kappa shape index (κ2) is 11.2. The Morgan fingerprint density at radius 3 is 2.70 bits per heavy atom. The first-order valence-corrected chi connectivity index (χ1v) is 13.9. The van der Waals surface area contributed by atoms with E-state index in [-0.39, 0.29) is 57.9 Å². The summed E-state index contributed by atoms with van der Waals surface area (Å²) in [6.07, 6.45) is 7.13. The summed E-state index contributed by atoms with van der Waals surface area (Å²) in [5.74, 6) is -1.96. The van der Waals surface area contributed by atoms with Gasteiger partial charge in [0, 0.05) is 29.9 Å². The van der Waals surface area contributed by atoms with Crippen molar-refractivity contribution >= 4 is 34.5 Å². The zero-order valence-electron chi connectivity index (χ0n) is 23.2. The van der Waals surface area contributed by atoms with E-state index < -0.39 is 17.5 Å². The Hall–Kier alpha value is -5.25. The molecule has 1 aliphatic carbocycles. The predicted octanol–water partition coefficient (Wildman–Crippen LogP) is 4.41. The van der Waals surface area contributed by atoms with Crippen molar-refractivity contribution in [2.45, 2.75) is 44.7 Å². The minimum atomic E-state index is -0.737. The van der Waals surface area contributed by atoms with Crippen LogP contribution in [0.2, 0.25) is 0 Å². The third-order valence-corrected chi connectivity index (χ3v) is 7.98. The van der Waals surface area contributed by atoms with Crippen LogP contribution in [0.25, 0.3) is 22.3 Å². The Bertz CT molecular complexity index is 1830. The van der Waals surface area contributed by atoms with Crippen molar-refractivity contribution in [2.75, 3.05) is 17.6 Å². The van der Waals surface area contributed by atoms with Gasteiger partial charge in [-0.05, 0) is 49.4 Å². The van der Waals surface area contributed by atoms with Gasteiger partial charge in [-0.15, -0.1) is 0 Å². The molecule has 0 unspecified atom stereocenters. The summed E-state index contributed by atoms with van der Waals surface area (Å²) in [6.45, 7) is 2.53. The van der Waals surface area contributed by atoms with Gasteiger partial charge in [-0.2, -0.15) is 10.4 Å². The summed E-state index contributed by atoms with van der Waals surface area (Å²) >= 11 is 0. The zero-order valence-corrected chi connectivity index (χ0v) is 23.2. The Balaban J connectivity index is 1.34. The van der Waals surface area contributed by atoms with Gasteiger partial charge < -0.3 is 16.0 Å². The number of piperidine rings is 1. The molecule has 0 radical (unpaired) electrons. The molecule has 1 aromatic carbocycles. The van der Waals surface area contributed by atoms with E-state index in [4.69, 9.17) is 10.8 Å². The minimum absolute atomic E-state index is 0.00745. The Morgan fingerprint density at radius 1 is 1.16 bits per heavy atom. The van der Waals surface area contributed by atoms with E-state index in [1.54, 1.807) is 15.7 Å². The second-order valence-electron chi connectivity index (χ2n) is 10.7. The third kappa shape index (κ3) is 5.05. The number of halogens is 2. The van der Waals surface area contributed by atoms with Crippen LogP contribution in [0, 0.1) is 28.9 Å². The summed E-state index contributed by atoms with van der Waals surface area (Å²) in [6, 6.07) is 7.63. The zero-order chi connectivity index (χ0) is 30.2. The number of unbranched alkanes of at least 4 members (excludes halogenated alkanes) is 1. The quantitative estimate of drug-likeness (QED) is 0.239. The van der Waals surface area contributed by atoms with Crippen LogP contribution in [0.4, 0.5) is 20.4 Å². The van der Waals surface area contributed by atoms with Crippen molar-refractivity contribution in [3.05, 3.63) is 71.7 Å². The first-order chi connectivity index (χ1) is 20.8. The van der Waals surface area contributed by atoms with Gasteiger partial charge >= 0.3 is 0 Å². The normalized spacial score (nSPS) is 19.5. The lowest BCUT2D eigenvalue weighted by Crippen LogP contribution is -2.43. The summed E-state index contributed by atoms with van der Waals surface area (Å²) in [7, 11) is 0. The van der Waals surface area contributed by atoms with E-state index in [9.17, 15) is 19.2 Å². The lowest BCUT2D eigenvalue weighted by atomic mass is 10.0. The fourth-order valence-electron chi connectivity index (χ4n) is 6.04. The number of benzene rings is 1. The number of nitrogens with two attached hydrogens (primary N) is 1. The van der Waals surface area contributed by atoms with Crippen LogP contribution in [0.1, 0.15) is 49.0 Å². The number of nitrogen functional groups attached to an aromatic ring is 1.